The molecule has 6 nitrogen and oxygen atoms in total. The number of hydrogen-bond acceptors (Lipinski definition) is 6. The van der Waals surface area contributed by atoms with E-state index in [1.54, 1.807) is 16.7 Å². The van der Waals surface area contributed by atoms with E-state index in [-0.39, 0.29) is 5.91 Å². The number of H-pyrrole nitrogens is 1. The molecule has 0 aliphatic heterocycles. The van der Waals surface area contributed by atoms with Crippen molar-refractivity contribution in [2.24, 2.45) is 0 Å². The van der Waals surface area contributed by atoms with Gasteiger partial charge >= 0.3 is 0 Å². The fraction of sp³-hybridized carbons (Fsp3) is 0.286. The van der Waals surface area contributed by atoms with Crippen molar-refractivity contribution in [3.8, 4) is 9.88 Å². The third-order valence-electron chi connectivity index (χ3n) is 3.61. The van der Waals surface area contributed by atoms with Gasteiger partial charge in [0, 0.05) is 21.3 Å². The molecule has 4 rings (SSSR count). The van der Waals surface area contributed by atoms with Crippen molar-refractivity contribution in [1.82, 2.24) is 25.1 Å². The number of nitrogens with zero attached hydrogens (tertiary/aromatic N) is 3. The monoisotopic (exact) mass is 441 g/mol. The fourth-order valence-corrected chi connectivity index (χ4v) is 4.95. The largest absolute Gasteiger partial charge is 0.343 e. The van der Waals surface area contributed by atoms with Crippen LogP contribution in [0.15, 0.2) is 21.3 Å². The highest BCUT2D eigenvalue weighted by molar-refractivity contribution is 9.10. The van der Waals surface area contributed by atoms with Crippen LogP contribution < -0.4 is 5.32 Å². The van der Waals surface area contributed by atoms with Gasteiger partial charge in [0.15, 0.2) is 10.6 Å². The lowest BCUT2D eigenvalue weighted by Gasteiger charge is -2.05. The predicted molar refractivity (Wildman–Crippen MR) is 100.0 cm³/mol. The molecule has 2 N–H and O–H groups in total. The van der Waals surface area contributed by atoms with Crippen molar-refractivity contribution in [3.05, 3.63) is 37.6 Å². The Balaban J connectivity index is 1.45. The number of nitrogens with one attached hydrogen (secondary N) is 2. The van der Waals surface area contributed by atoms with Crippen LogP contribution in [0.5, 0.6) is 0 Å². The number of carbonyl (C=O) groups excluding carboxylic acids is 1. The van der Waals surface area contributed by atoms with E-state index >= 15 is 0 Å². The summed E-state index contributed by atoms with van der Waals surface area (Å²) in [6.07, 6.45) is 2.22. The van der Waals surface area contributed by atoms with Crippen molar-refractivity contribution in [3.63, 3.8) is 0 Å². The first-order chi connectivity index (χ1) is 11.6. The van der Waals surface area contributed by atoms with Crippen LogP contribution in [0, 0.1) is 4.77 Å². The van der Waals surface area contributed by atoms with Crippen LogP contribution in [0.4, 0.5) is 0 Å². The standard InChI is InChI=1S/C14H12BrN5OS3/c15-7-3-10(23-5-7)13-17-9(6-24-13)12(21)16-4-11-18-19-14(22)20(11)8-1-2-8/h3,5-6,8H,1-2,4H2,(H,16,21)(H,19,22). The number of aromatic amines is 1. The second-order valence-corrected chi connectivity index (χ2v) is 8.47. The molecule has 3 aromatic heterocycles. The van der Waals surface area contributed by atoms with E-state index in [0.717, 1.165) is 33.0 Å². The smallest absolute Gasteiger partial charge is 0.271 e. The van der Waals surface area contributed by atoms with Crippen LogP contribution >= 0.6 is 50.8 Å². The van der Waals surface area contributed by atoms with Crippen molar-refractivity contribution in [1.29, 1.82) is 0 Å². The first-order valence-electron chi connectivity index (χ1n) is 7.26. The summed E-state index contributed by atoms with van der Waals surface area (Å²) in [4.78, 5) is 17.8. The maximum atomic E-state index is 12.3. The van der Waals surface area contributed by atoms with Gasteiger partial charge < -0.3 is 5.32 Å². The molecule has 1 amide bonds. The number of hydrogen-bond donors (Lipinski definition) is 2. The Hall–Kier alpha value is -1.36. The molecular weight excluding hydrogens is 430 g/mol. The number of thiazole rings is 1. The second-order valence-electron chi connectivity index (χ2n) is 5.40. The Morgan fingerprint density at radius 2 is 2.29 bits per heavy atom. The number of rotatable bonds is 5. The van der Waals surface area contributed by atoms with E-state index < -0.39 is 0 Å². The predicted octanol–water partition coefficient (Wildman–Crippen LogP) is 4.15. The molecule has 1 saturated carbocycles. The Morgan fingerprint density at radius 1 is 1.46 bits per heavy atom. The van der Waals surface area contributed by atoms with Crippen LogP contribution in [-0.4, -0.2) is 25.7 Å². The van der Waals surface area contributed by atoms with Crippen molar-refractivity contribution < 1.29 is 4.79 Å². The average molecular weight is 442 g/mol. The average Bonchev–Trinajstić information content (AvgIpc) is 2.98. The lowest BCUT2D eigenvalue weighted by molar-refractivity contribution is 0.0945. The summed E-state index contributed by atoms with van der Waals surface area (Å²) < 4.78 is 3.62. The van der Waals surface area contributed by atoms with E-state index in [4.69, 9.17) is 12.2 Å². The molecule has 1 fully saturated rings. The molecule has 0 bridgehead atoms. The molecule has 1 aliphatic rings. The zero-order valence-corrected chi connectivity index (χ0v) is 16.3. The molecule has 0 radical (unpaired) electrons. The minimum atomic E-state index is -0.204. The quantitative estimate of drug-likeness (QED) is 0.582. The summed E-state index contributed by atoms with van der Waals surface area (Å²) in [6.45, 7) is 0.333. The van der Waals surface area contributed by atoms with Crippen molar-refractivity contribution >= 4 is 56.7 Å². The highest BCUT2D eigenvalue weighted by atomic mass is 79.9. The third-order valence-corrected chi connectivity index (χ3v) is 6.60. The highest BCUT2D eigenvalue weighted by Crippen LogP contribution is 2.35. The zero-order chi connectivity index (χ0) is 16.7. The Bertz CT molecular complexity index is 952. The van der Waals surface area contributed by atoms with Crippen molar-refractivity contribution in [2.75, 3.05) is 0 Å². The molecule has 0 unspecified atom stereocenters. The Kier molecular flexibility index (Phi) is 4.37. The van der Waals surface area contributed by atoms with Gasteiger partial charge in [-0.05, 0) is 47.1 Å². The van der Waals surface area contributed by atoms with E-state index in [1.807, 2.05) is 16.0 Å². The summed E-state index contributed by atoms with van der Waals surface area (Å²) in [6, 6.07) is 2.42. The van der Waals surface area contributed by atoms with Gasteiger partial charge in [-0.25, -0.2) is 4.98 Å². The maximum Gasteiger partial charge on any atom is 0.271 e. The molecule has 10 heteroatoms. The lowest BCUT2D eigenvalue weighted by Crippen LogP contribution is -2.25. The number of thiophene rings is 1. The lowest BCUT2D eigenvalue weighted by atomic mass is 10.4. The molecule has 124 valence electrons. The molecule has 0 aromatic carbocycles. The fourth-order valence-electron chi connectivity index (χ4n) is 2.34. The van der Waals surface area contributed by atoms with Crippen LogP contribution in [0.2, 0.25) is 0 Å². The van der Waals surface area contributed by atoms with E-state index in [1.165, 1.54) is 11.3 Å². The van der Waals surface area contributed by atoms with E-state index in [0.29, 0.717) is 23.1 Å². The molecular formula is C14H12BrN5OS3. The number of aromatic nitrogens is 4. The van der Waals surface area contributed by atoms with Gasteiger partial charge in [-0.2, -0.15) is 5.10 Å². The third kappa shape index (κ3) is 3.23. The molecule has 0 saturated heterocycles. The Morgan fingerprint density at radius 3 is 3.00 bits per heavy atom. The SMILES string of the molecule is O=C(NCc1n[nH]c(=S)n1C1CC1)c1csc(-c2cc(Br)cs2)n1. The molecule has 3 aromatic rings. The molecule has 0 spiro atoms. The summed E-state index contributed by atoms with van der Waals surface area (Å²) in [7, 11) is 0. The Labute approximate surface area is 159 Å². The number of halogens is 1. The summed E-state index contributed by atoms with van der Waals surface area (Å²) in [5, 5.41) is 14.5. The van der Waals surface area contributed by atoms with E-state index in [2.05, 4.69) is 36.4 Å². The van der Waals surface area contributed by atoms with Crippen molar-refractivity contribution in [2.45, 2.75) is 25.4 Å². The van der Waals surface area contributed by atoms with E-state index in [9.17, 15) is 4.79 Å². The van der Waals surface area contributed by atoms with Gasteiger partial charge in [0.25, 0.3) is 5.91 Å². The van der Waals surface area contributed by atoms with Gasteiger partial charge in [0.1, 0.15) is 10.7 Å². The van der Waals surface area contributed by atoms with Crippen LogP contribution in [0.3, 0.4) is 0 Å². The van der Waals surface area contributed by atoms with Gasteiger partial charge in [-0.3, -0.25) is 14.5 Å². The number of amides is 1. The normalized spacial score (nSPS) is 14.0. The van der Waals surface area contributed by atoms with Gasteiger partial charge in [-0.15, -0.1) is 22.7 Å². The molecule has 0 atom stereocenters. The zero-order valence-electron chi connectivity index (χ0n) is 12.3. The van der Waals surface area contributed by atoms with Gasteiger partial charge in [0.2, 0.25) is 0 Å². The van der Waals surface area contributed by atoms with Crippen LogP contribution in [0.25, 0.3) is 9.88 Å². The molecule has 1 aliphatic carbocycles. The van der Waals surface area contributed by atoms with Gasteiger partial charge in [0.05, 0.1) is 11.4 Å². The first-order valence-corrected chi connectivity index (χ1v) is 10.2. The molecule has 3 heterocycles. The highest BCUT2D eigenvalue weighted by Gasteiger charge is 2.27. The van der Waals surface area contributed by atoms with Crippen LogP contribution in [-0.2, 0) is 6.54 Å². The summed E-state index contributed by atoms with van der Waals surface area (Å²) in [5.74, 6) is 0.554. The van der Waals surface area contributed by atoms with Crippen LogP contribution in [0.1, 0.15) is 35.2 Å². The minimum Gasteiger partial charge on any atom is -0.343 e. The van der Waals surface area contributed by atoms with Gasteiger partial charge in [-0.1, -0.05) is 0 Å². The second kappa shape index (κ2) is 6.51. The number of carbonyl (C=O) groups is 1. The summed E-state index contributed by atoms with van der Waals surface area (Å²) in [5.41, 5.74) is 0.423. The summed E-state index contributed by atoms with van der Waals surface area (Å²) >= 11 is 11.7. The minimum absolute atomic E-state index is 0.204. The first kappa shape index (κ1) is 16.1. The molecule has 24 heavy (non-hydrogen) atoms. The maximum absolute atomic E-state index is 12.3. The topological polar surface area (TPSA) is 75.6 Å².